The van der Waals surface area contributed by atoms with Gasteiger partial charge in [-0.25, -0.2) is 0 Å². The number of hydrogen-bond donors (Lipinski definition) is 1. The molecule has 5 nitrogen and oxygen atoms in total. The highest BCUT2D eigenvalue weighted by Crippen LogP contribution is 2.23. The lowest BCUT2D eigenvalue weighted by atomic mass is 9.96. The number of hydrogen-bond acceptors (Lipinski definition) is 4. The molecule has 3 aromatic rings. The quantitative estimate of drug-likeness (QED) is 0.410. The van der Waals surface area contributed by atoms with Gasteiger partial charge >= 0.3 is 5.97 Å². The second-order valence-electron chi connectivity index (χ2n) is 9.32. The molecule has 0 radical (unpaired) electrons. The van der Waals surface area contributed by atoms with E-state index in [-0.39, 0.29) is 12.3 Å². The highest BCUT2D eigenvalue weighted by Gasteiger charge is 2.17. The van der Waals surface area contributed by atoms with Crippen LogP contribution in [-0.4, -0.2) is 42.2 Å². The molecule has 0 amide bonds. The smallest absolute Gasteiger partial charge is 0.304 e. The van der Waals surface area contributed by atoms with Crippen LogP contribution in [0.3, 0.4) is 0 Å². The second-order valence-corrected chi connectivity index (χ2v) is 9.32. The van der Waals surface area contributed by atoms with E-state index in [0.717, 1.165) is 49.6 Å². The van der Waals surface area contributed by atoms with Crippen molar-refractivity contribution in [1.29, 1.82) is 0 Å². The first-order chi connectivity index (χ1) is 17.5. The number of aliphatic carboxylic acids is 1. The summed E-state index contributed by atoms with van der Waals surface area (Å²) < 4.78 is 5.95. The fourth-order valence-electron chi connectivity index (χ4n) is 4.48. The summed E-state index contributed by atoms with van der Waals surface area (Å²) in [6.45, 7) is 9.53. The van der Waals surface area contributed by atoms with Crippen LogP contribution in [0.15, 0.2) is 72.8 Å². The Hall–Kier alpha value is -3.75. The van der Waals surface area contributed by atoms with Crippen molar-refractivity contribution in [2.45, 2.75) is 39.3 Å². The Labute approximate surface area is 214 Å². The minimum absolute atomic E-state index is 0.00414. The molecular formula is C31H34N2O3. The van der Waals surface area contributed by atoms with Gasteiger partial charge in [0.2, 0.25) is 0 Å². The van der Waals surface area contributed by atoms with Crippen LogP contribution in [0.5, 0.6) is 5.75 Å². The van der Waals surface area contributed by atoms with E-state index in [0.29, 0.717) is 6.61 Å². The third-order valence-corrected chi connectivity index (χ3v) is 6.59. The van der Waals surface area contributed by atoms with E-state index in [1.807, 2.05) is 24.3 Å². The molecule has 1 aliphatic rings. The van der Waals surface area contributed by atoms with E-state index in [4.69, 9.17) is 9.84 Å². The fourth-order valence-corrected chi connectivity index (χ4v) is 4.48. The van der Waals surface area contributed by atoms with Crippen molar-refractivity contribution < 1.29 is 14.6 Å². The van der Waals surface area contributed by atoms with Gasteiger partial charge in [0.05, 0.1) is 12.3 Å². The zero-order valence-electron chi connectivity index (χ0n) is 21.1. The number of carbonyl (C=O) groups is 1. The van der Waals surface area contributed by atoms with Crippen LogP contribution in [0.4, 0.5) is 5.69 Å². The molecular weight excluding hydrogens is 448 g/mol. The standard InChI is InChI=1S/C31H34N2O3/c1-3-4-28(21-31(34)35)27-11-15-30(16-12-27)36-23-26-9-7-25(8-10-26)22-32-17-19-33(20-18-32)29-13-5-24(2)6-14-29/h5-16,28H,17-23H2,1-2H3,(H,34,35)/t28-/m0/s1. The maximum atomic E-state index is 11.1. The van der Waals surface area contributed by atoms with Crippen LogP contribution >= 0.6 is 0 Å². The molecule has 4 rings (SSSR count). The average molecular weight is 483 g/mol. The lowest BCUT2D eigenvalue weighted by Gasteiger charge is -2.36. The molecule has 0 aliphatic carbocycles. The Bertz CT molecular complexity index is 1180. The van der Waals surface area contributed by atoms with Gasteiger partial charge in [0, 0.05) is 38.4 Å². The second kappa shape index (κ2) is 12.3. The number of carboxylic acids is 1. The van der Waals surface area contributed by atoms with Crippen LogP contribution in [0.2, 0.25) is 0 Å². The van der Waals surface area contributed by atoms with Crippen molar-refractivity contribution in [1.82, 2.24) is 4.90 Å². The van der Waals surface area contributed by atoms with Gasteiger partial charge in [-0.2, -0.15) is 0 Å². The molecule has 1 N–H and O–H groups in total. The summed E-state index contributed by atoms with van der Waals surface area (Å²) in [4.78, 5) is 16.1. The molecule has 1 heterocycles. The van der Waals surface area contributed by atoms with Gasteiger partial charge in [-0.3, -0.25) is 9.69 Å². The first-order valence-corrected chi connectivity index (χ1v) is 12.5. The van der Waals surface area contributed by atoms with Crippen molar-refractivity contribution in [2.24, 2.45) is 0 Å². The number of carboxylic acid groups (broad SMARTS) is 1. The summed E-state index contributed by atoms with van der Waals surface area (Å²) in [5.74, 6) is 5.40. The van der Waals surface area contributed by atoms with E-state index in [1.165, 1.54) is 16.8 Å². The Morgan fingerprint density at radius 1 is 0.917 bits per heavy atom. The highest BCUT2D eigenvalue weighted by molar-refractivity contribution is 5.69. The van der Waals surface area contributed by atoms with Crippen molar-refractivity contribution >= 4 is 11.7 Å². The number of piperazine rings is 1. The van der Waals surface area contributed by atoms with E-state index >= 15 is 0 Å². The van der Waals surface area contributed by atoms with E-state index in [9.17, 15) is 4.79 Å². The van der Waals surface area contributed by atoms with Crippen LogP contribution in [0.25, 0.3) is 0 Å². The molecule has 3 aromatic carbocycles. The average Bonchev–Trinajstić information content (AvgIpc) is 2.89. The molecule has 0 unspecified atom stereocenters. The minimum atomic E-state index is -0.851. The molecule has 1 atom stereocenters. The fraction of sp³-hybridized carbons (Fsp3) is 0.323. The molecule has 186 valence electrons. The normalized spacial score (nSPS) is 14.6. The maximum absolute atomic E-state index is 11.1. The monoisotopic (exact) mass is 482 g/mol. The predicted molar refractivity (Wildman–Crippen MR) is 144 cm³/mol. The summed E-state index contributed by atoms with van der Waals surface area (Å²) in [5, 5.41) is 9.11. The zero-order chi connectivity index (χ0) is 25.3. The first kappa shape index (κ1) is 25.3. The van der Waals surface area contributed by atoms with Gasteiger partial charge in [-0.1, -0.05) is 60.0 Å². The van der Waals surface area contributed by atoms with Gasteiger partial charge in [0.1, 0.15) is 12.4 Å². The highest BCUT2D eigenvalue weighted by atomic mass is 16.5. The number of nitrogens with zero attached hydrogens (tertiary/aromatic N) is 2. The van der Waals surface area contributed by atoms with Gasteiger partial charge in [0.15, 0.2) is 0 Å². The van der Waals surface area contributed by atoms with Crippen LogP contribution in [0, 0.1) is 18.8 Å². The molecule has 5 heteroatoms. The number of ether oxygens (including phenoxy) is 1. The van der Waals surface area contributed by atoms with E-state index in [2.05, 4.69) is 77.1 Å². The van der Waals surface area contributed by atoms with Crippen molar-refractivity contribution in [2.75, 3.05) is 31.1 Å². The Kier molecular flexibility index (Phi) is 8.65. The topological polar surface area (TPSA) is 53.0 Å². The largest absolute Gasteiger partial charge is 0.489 e. The van der Waals surface area contributed by atoms with E-state index in [1.54, 1.807) is 6.92 Å². The Morgan fingerprint density at radius 3 is 2.17 bits per heavy atom. The lowest BCUT2D eigenvalue weighted by Crippen LogP contribution is -2.45. The molecule has 0 spiro atoms. The van der Waals surface area contributed by atoms with E-state index < -0.39 is 5.97 Å². The van der Waals surface area contributed by atoms with Crippen LogP contribution in [-0.2, 0) is 17.9 Å². The number of benzene rings is 3. The molecule has 1 aliphatic heterocycles. The van der Waals surface area contributed by atoms with Gasteiger partial charge in [0.25, 0.3) is 0 Å². The van der Waals surface area contributed by atoms with Crippen LogP contribution < -0.4 is 9.64 Å². The number of rotatable bonds is 9. The zero-order valence-corrected chi connectivity index (χ0v) is 21.1. The minimum Gasteiger partial charge on any atom is -0.489 e. The number of anilines is 1. The van der Waals surface area contributed by atoms with Crippen molar-refractivity contribution in [3.8, 4) is 17.6 Å². The SMILES string of the molecule is CC#C[C@@H](CC(=O)O)c1ccc(OCc2ccc(CN3CCN(c4ccc(C)cc4)CC3)cc2)cc1. The summed E-state index contributed by atoms with van der Waals surface area (Å²) in [6.07, 6.45) is -0.00414. The summed E-state index contributed by atoms with van der Waals surface area (Å²) in [5.41, 5.74) is 5.94. The predicted octanol–water partition coefficient (Wildman–Crippen LogP) is 5.48. The molecule has 1 fully saturated rings. The van der Waals surface area contributed by atoms with Crippen LogP contribution in [0.1, 0.15) is 41.5 Å². The summed E-state index contributed by atoms with van der Waals surface area (Å²) in [6, 6.07) is 25.0. The molecule has 0 aromatic heterocycles. The first-order valence-electron chi connectivity index (χ1n) is 12.5. The Morgan fingerprint density at radius 2 is 1.56 bits per heavy atom. The summed E-state index contributed by atoms with van der Waals surface area (Å²) >= 11 is 0. The molecule has 36 heavy (non-hydrogen) atoms. The number of aryl methyl sites for hydroxylation is 1. The van der Waals surface area contributed by atoms with Crippen molar-refractivity contribution in [3.63, 3.8) is 0 Å². The third kappa shape index (κ3) is 7.13. The molecule has 0 saturated carbocycles. The molecule has 1 saturated heterocycles. The van der Waals surface area contributed by atoms with Gasteiger partial charge in [-0.05, 0) is 54.8 Å². The third-order valence-electron chi connectivity index (χ3n) is 6.59. The van der Waals surface area contributed by atoms with Gasteiger partial charge < -0.3 is 14.7 Å². The lowest BCUT2D eigenvalue weighted by molar-refractivity contribution is -0.137. The van der Waals surface area contributed by atoms with Crippen molar-refractivity contribution in [3.05, 3.63) is 95.1 Å². The molecule has 0 bridgehead atoms. The maximum Gasteiger partial charge on any atom is 0.304 e. The Balaban J connectivity index is 1.24. The summed E-state index contributed by atoms with van der Waals surface area (Å²) in [7, 11) is 0. The van der Waals surface area contributed by atoms with Gasteiger partial charge in [-0.15, -0.1) is 5.92 Å².